The first-order chi connectivity index (χ1) is 9.20. The minimum Gasteiger partial charge on any atom is -0.497 e. The van der Waals surface area contributed by atoms with E-state index in [1.54, 1.807) is 19.2 Å². The molecule has 1 aliphatic rings. The highest BCUT2D eigenvalue weighted by molar-refractivity contribution is 7.98. The third-order valence-corrected chi connectivity index (χ3v) is 4.94. The minimum atomic E-state index is -1.41. The largest absolute Gasteiger partial charge is 0.497 e. The van der Waals surface area contributed by atoms with Crippen LogP contribution in [0.25, 0.3) is 0 Å². The maximum Gasteiger partial charge on any atom is 0.488 e. The van der Waals surface area contributed by atoms with Crippen molar-refractivity contribution < 1.29 is 14.8 Å². The lowest BCUT2D eigenvalue weighted by molar-refractivity contribution is 0.413. The molecule has 0 amide bonds. The molecule has 2 rings (SSSR count). The SMILES string of the molecule is COc1ccc(B(O)O)c(CSCC2CCCC2)c1. The number of methoxy groups -OCH3 is 1. The molecule has 1 aromatic carbocycles. The van der Waals surface area contributed by atoms with Gasteiger partial charge in [-0.2, -0.15) is 11.8 Å². The molecule has 0 atom stereocenters. The fourth-order valence-corrected chi connectivity index (χ4v) is 3.85. The molecule has 1 saturated carbocycles. The van der Waals surface area contributed by atoms with Gasteiger partial charge in [-0.3, -0.25) is 0 Å². The lowest BCUT2D eigenvalue weighted by Crippen LogP contribution is -2.32. The summed E-state index contributed by atoms with van der Waals surface area (Å²) in [5.41, 5.74) is 1.54. The van der Waals surface area contributed by atoms with Gasteiger partial charge in [0.1, 0.15) is 5.75 Å². The van der Waals surface area contributed by atoms with Gasteiger partial charge in [0.25, 0.3) is 0 Å². The van der Waals surface area contributed by atoms with Crippen LogP contribution >= 0.6 is 11.8 Å². The number of rotatable bonds is 6. The molecule has 0 saturated heterocycles. The lowest BCUT2D eigenvalue weighted by Gasteiger charge is -2.12. The van der Waals surface area contributed by atoms with E-state index in [0.29, 0.717) is 5.46 Å². The summed E-state index contributed by atoms with van der Waals surface area (Å²) in [5.74, 6) is 3.58. The van der Waals surface area contributed by atoms with Gasteiger partial charge in [0.05, 0.1) is 7.11 Å². The van der Waals surface area contributed by atoms with Crippen molar-refractivity contribution in [2.45, 2.75) is 31.4 Å². The number of thioether (sulfide) groups is 1. The molecule has 0 radical (unpaired) electrons. The Hall–Kier alpha value is -0.645. The Bertz CT molecular complexity index is 406. The monoisotopic (exact) mass is 280 g/mol. The molecule has 5 heteroatoms. The van der Waals surface area contributed by atoms with Crippen molar-refractivity contribution in [2.75, 3.05) is 12.9 Å². The minimum absolute atomic E-state index is 0.583. The summed E-state index contributed by atoms with van der Waals surface area (Å²) in [6.45, 7) is 0. The van der Waals surface area contributed by atoms with Crippen molar-refractivity contribution in [2.24, 2.45) is 5.92 Å². The van der Waals surface area contributed by atoms with E-state index < -0.39 is 7.12 Å². The van der Waals surface area contributed by atoms with Gasteiger partial charge in [-0.1, -0.05) is 18.9 Å². The van der Waals surface area contributed by atoms with Crippen LogP contribution in [0.5, 0.6) is 5.75 Å². The van der Waals surface area contributed by atoms with Crippen LogP contribution in [0.15, 0.2) is 18.2 Å². The van der Waals surface area contributed by atoms with Crippen LogP contribution in [-0.4, -0.2) is 30.0 Å². The van der Waals surface area contributed by atoms with Crippen LogP contribution in [0.2, 0.25) is 0 Å². The first kappa shape index (κ1) is 14.8. The number of ether oxygens (including phenoxy) is 1. The summed E-state index contributed by atoms with van der Waals surface area (Å²) in [7, 11) is 0.216. The van der Waals surface area contributed by atoms with Crippen molar-refractivity contribution in [3.05, 3.63) is 23.8 Å². The molecule has 0 unspecified atom stereocenters. The predicted octanol–water partition coefficient (Wildman–Crippen LogP) is 1.80. The highest BCUT2D eigenvalue weighted by Gasteiger charge is 2.18. The van der Waals surface area contributed by atoms with Gasteiger partial charge in [-0.15, -0.1) is 0 Å². The Kier molecular flexibility index (Phi) is 5.61. The van der Waals surface area contributed by atoms with Gasteiger partial charge in [-0.25, -0.2) is 0 Å². The average molecular weight is 280 g/mol. The molecule has 1 aliphatic carbocycles. The summed E-state index contributed by atoms with van der Waals surface area (Å²) in [4.78, 5) is 0. The van der Waals surface area contributed by atoms with Crippen LogP contribution < -0.4 is 10.2 Å². The molecule has 1 aromatic rings. The zero-order chi connectivity index (χ0) is 13.7. The second-order valence-corrected chi connectivity index (χ2v) is 6.13. The Morgan fingerprint density at radius 3 is 2.68 bits per heavy atom. The van der Waals surface area contributed by atoms with Gasteiger partial charge >= 0.3 is 7.12 Å². The molecule has 0 spiro atoms. The van der Waals surface area contributed by atoms with Crippen molar-refractivity contribution in [1.29, 1.82) is 0 Å². The molecular formula is C14H21BO3S. The Balaban J connectivity index is 1.96. The molecule has 1 fully saturated rings. The number of hydrogen-bond acceptors (Lipinski definition) is 4. The average Bonchev–Trinajstić information content (AvgIpc) is 2.91. The van der Waals surface area contributed by atoms with Gasteiger partial charge in [-0.05, 0) is 47.7 Å². The zero-order valence-corrected chi connectivity index (χ0v) is 12.2. The lowest BCUT2D eigenvalue weighted by atomic mass is 9.77. The van der Waals surface area contributed by atoms with Crippen LogP contribution in [0, 0.1) is 5.92 Å². The summed E-state index contributed by atoms with van der Waals surface area (Å²) in [6, 6.07) is 5.39. The van der Waals surface area contributed by atoms with E-state index in [9.17, 15) is 10.0 Å². The summed E-state index contributed by atoms with van der Waals surface area (Å²) in [5, 5.41) is 18.8. The van der Waals surface area contributed by atoms with E-state index in [0.717, 1.165) is 28.7 Å². The number of benzene rings is 1. The summed E-state index contributed by atoms with van der Waals surface area (Å²) >= 11 is 1.88. The number of hydrogen-bond donors (Lipinski definition) is 2. The maximum atomic E-state index is 9.38. The molecular weight excluding hydrogens is 259 g/mol. The molecule has 0 heterocycles. The first-order valence-electron chi connectivity index (χ1n) is 6.81. The fraction of sp³-hybridized carbons (Fsp3) is 0.571. The quantitative estimate of drug-likeness (QED) is 0.780. The summed E-state index contributed by atoms with van der Waals surface area (Å²) in [6.07, 6.45) is 5.43. The van der Waals surface area contributed by atoms with Crippen LogP contribution in [0.3, 0.4) is 0 Å². The maximum absolute atomic E-state index is 9.38. The molecule has 0 aliphatic heterocycles. The molecule has 104 valence electrons. The van der Waals surface area contributed by atoms with E-state index in [4.69, 9.17) is 4.74 Å². The van der Waals surface area contributed by atoms with Gasteiger partial charge in [0, 0.05) is 5.75 Å². The molecule has 2 N–H and O–H groups in total. The first-order valence-corrected chi connectivity index (χ1v) is 7.97. The van der Waals surface area contributed by atoms with E-state index in [1.165, 1.54) is 25.7 Å². The third-order valence-electron chi connectivity index (χ3n) is 3.71. The van der Waals surface area contributed by atoms with E-state index >= 15 is 0 Å². The van der Waals surface area contributed by atoms with Crippen molar-refractivity contribution in [3.8, 4) is 5.75 Å². The topological polar surface area (TPSA) is 49.7 Å². The van der Waals surface area contributed by atoms with E-state index in [2.05, 4.69) is 0 Å². The van der Waals surface area contributed by atoms with Gasteiger partial charge in [0.2, 0.25) is 0 Å². The second-order valence-electron chi connectivity index (χ2n) is 5.10. The van der Waals surface area contributed by atoms with Crippen LogP contribution in [-0.2, 0) is 5.75 Å². The van der Waals surface area contributed by atoms with Crippen molar-refractivity contribution in [3.63, 3.8) is 0 Å². The van der Waals surface area contributed by atoms with Gasteiger partial charge in [0.15, 0.2) is 0 Å². The second kappa shape index (κ2) is 7.22. The molecule has 0 bridgehead atoms. The molecule has 3 nitrogen and oxygen atoms in total. The molecule has 0 aromatic heterocycles. The Morgan fingerprint density at radius 1 is 1.32 bits per heavy atom. The van der Waals surface area contributed by atoms with Gasteiger partial charge < -0.3 is 14.8 Å². The Morgan fingerprint density at radius 2 is 2.05 bits per heavy atom. The fourth-order valence-electron chi connectivity index (χ4n) is 2.60. The molecule has 19 heavy (non-hydrogen) atoms. The van der Waals surface area contributed by atoms with E-state index in [-0.39, 0.29) is 0 Å². The van der Waals surface area contributed by atoms with Crippen molar-refractivity contribution >= 4 is 24.3 Å². The third kappa shape index (κ3) is 4.16. The van der Waals surface area contributed by atoms with E-state index in [1.807, 2.05) is 17.8 Å². The van der Waals surface area contributed by atoms with Crippen LogP contribution in [0.4, 0.5) is 0 Å². The standard InChI is InChI=1S/C14H21BO3S/c1-18-13-6-7-14(15(16)17)12(8-13)10-19-9-11-4-2-3-5-11/h6-8,11,16-17H,2-5,9-10H2,1H3. The van der Waals surface area contributed by atoms with Crippen molar-refractivity contribution in [1.82, 2.24) is 0 Å². The van der Waals surface area contributed by atoms with Crippen LogP contribution in [0.1, 0.15) is 31.2 Å². The highest BCUT2D eigenvalue weighted by atomic mass is 32.2. The smallest absolute Gasteiger partial charge is 0.488 e. The normalized spacial score (nSPS) is 15.7. The Labute approximate surface area is 119 Å². The predicted molar refractivity (Wildman–Crippen MR) is 80.9 cm³/mol. The zero-order valence-electron chi connectivity index (χ0n) is 11.3. The highest BCUT2D eigenvalue weighted by Crippen LogP contribution is 2.29. The summed E-state index contributed by atoms with van der Waals surface area (Å²) < 4.78 is 5.20.